The van der Waals surface area contributed by atoms with Crippen LogP contribution in [0, 0.1) is 0 Å². The van der Waals surface area contributed by atoms with Crippen molar-refractivity contribution >= 4 is 5.78 Å². The molecular weight excluding hydrogens is 154 g/mol. The van der Waals surface area contributed by atoms with Gasteiger partial charge in [-0.2, -0.15) is 0 Å². The standard InChI is InChI=1S/C5H11NO5/c6-5(11,2-8)4(10)3(9)1-7/h3,7-9,11H,1-2,6H2. The highest BCUT2D eigenvalue weighted by Gasteiger charge is 2.34. The number of nitrogens with two attached hydrogens (primary N) is 1. The van der Waals surface area contributed by atoms with Gasteiger partial charge >= 0.3 is 0 Å². The van der Waals surface area contributed by atoms with E-state index in [-0.39, 0.29) is 0 Å². The number of hydrogen-bond acceptors (Lipinski definition) is 6. The summed E-state index contributed by atoms with van der Waals surface area (Å²) in [6.07, 6.45) is -1.75. The number of carbonyl (C=O) groups excluding carboxylic acids is 1. The molecule has 0 saturated heterocycles. The van der Waals surface area contributed by atoms with Crippen molar-refractivity contribution in [1.82, 2.24) is 0 Å². The summed E-state index contributed by atoms with van der Waals surface area (Å²) >= 11 is 0. The molecule has 2 atom stereocenters. The maximum atomic E-state index is 10.7. The fourth-order valence-corrected chi connectivity index (χ4v) is 0.449. The van der Waals surface area contributed by atoms with E-state index in [1.54, 1.807) is 0 Å². The third-order valence-corrected chi connectivity index (χ3v) is 1.14. The lowest BCUT2D eigenvalue weighted by molar-refractivity contribution is -0.151. The third-order valence-electron chi connectivity index (χ3n) is 1.14. The Morgan fingerprint density at radius 3 is 2.27 bits per heavy atom. The molecule has 0 aromatic carbocycles. The van der Waals surface area contributed by atoms with Crippen LogP contribution in [0.25, 0.3) is 0 Å². The zero-order valence-corrected chi connectivity index (χ0v) is 5.77. The SMILES string of the molecule is NC(O)(CO)C(=O)C(O)CO. The van der Waals surface area contributed by atoms with Crippen LogP contribution in [-0.4, -0.2) is 51.3 Å². The number of Topliss-reactive ketones (excluding diaryl/α,β-unsaturated/α-hetero) is 1. The lowest BCUT2D eigenvalue weighted by Crippen LogP contribution is -2.56. The highest BCUT2D eigenvalue weighted by Crippen LogP contribution is 1.99. The van der Waals surface area contributed by atoms with Gasteiger partial charge in [-0.15, -0.1) is 0 Å². The number of aliphatic hydroxyl groups excluding tert-OH is 3. The Bertz CT molecular complexity index is 146. The van der Waals surface area contributed by atoms with Gasteiger partial charge in [-0.05, 0) is 0 Å². The first-order chi connectivity index (χ1) is 4.95. The molecule has 0 aromatic heterocycles. The number of ketones is 1. The zero-order chi connectivity index (χ0) is 9.07. The summed E-state index contributed by atoms with van der Waals surface area (Å²) in [5, 5.41) is 34.0. The molecule has 2 unspecified atom stereocenters. The van der Waals surface area contributed by atoms with Gasteiger partial charge in [0.15, 0.2) is 5.72 Å². The molecule has 6 nitrogen and oxygen atoms in total. The largest absolute Gasteiger partial charge is 0.393 e. The van der Waals surface area contributed by atoms with Crippen molar-refractivity contribution in [2.45, 2.75) is 11.8 Å². The van der Waals surface area contributed by atoms with Crippen molar-refractivity contribution < 1.29 is 25.2 Å². The molecule has 0 heterocycles. The topological polar surface area (TPSA) is 124 Å². The molecule has 11 heavy (non-hydrogen) atoms. The summed E-state index contributed by atoms with van der Waals surface area (Å²) in [5.74, 6) is -1.21. The van der Waals surface area contributed by atoms with E-state index in [1.807, 2.05) is 0 Å². The van der Waals surface area contributed by atoms with E-state index in [9.17, 15) is 4.79 Å². The predicted molar refractivity (Wildman–Crippen MR) is 34.3 cm³/mol. The Balaban J connectivity index is 4.23. The molecule has 0 spiro atoms. The Morgan fingerprint density at radius 2 is 2.00 bits per heavy atom. The molecule has 0 saturated carbocycles. The number of rotatable bonds is 4. The number of carbonyl (C=O) groups is 1. The third kappa shape index (κ3) is 2.52. The first kappa shape index (κ1) is 10.5. The van der Waals surface area contributed by atoms with Crippen LogP contribution in [0.5, 0.6) is 0 Å². The second-order valence-corrected chi connectivity index (χ2v) is 2.14. The zero-order valence-electron chi connectivity index (χ0n) is 5.77. The van der Waals surface area contributed by atoms with E-state index in [2.05, 4.69) is 0 Å². The van der Waals surface area contributed by atoms with Crippen molar-refractivity contribution in [1.29, 1.82) is 0 Å². The van der Waals surface area contributed by atoms with E-state index >= 15 is 0 Å². The molecule has 0 bridgehead atoms. The quantitative estimate of drug-likeness (QED) is 0.276. The van der Waals surface area contributed by atoms with E-state index in [0.717, 1.165) is 0 Å². The van der Waals surface area contributed by atoms with Gasteiger partial charge in [-0.3, -0.25) is 10.5 Å². The molecule has 6 N–H and O–H groups in total. The Morgan fingerprint density at radius 1 is 1.55 bits per heavy atom. The van der Waals surface area contributed by atoms with E-state index < -0.39 is 30.8 Å². The molecule has 0 aliphatic heterocycles. The number of aliphatic hydroxyl groups is 4. The van der Waals surface area contributed by atoms with Gasteiger partial charge in [-0.25, -0.2) is 0 Å². The summed E-state index contributed by atoms with van der Waals surface area (Å²) in [5.41, 5.74) is 2.35. The molecule has 0 amide bonds. The maximum absolute atomic E-state index is 10.7. The summed E-state index contributed by atoms with van der Waals surface area (Å²) in [4.78, 5) is 10.7. The van der Waals surface area contributed by atoms with Crippen LogP contribution in [0.15, 0.2) is 0 Å². The average Bonchev–Trinajstić information content (AvgIpc) is 2.01. The minimum absolute atomic E-state index is 0.835. The Hall–Kier alpha value is -0.530. The van der Waals surface area contributed by atoms with Gasteiger partial charge in [0.1, 0.15) is 6.10 Å². The van der Waals surface area contributed by atoms with Crippen LogP contribution < -0.4 is 5.73 Å². The summed E-state index contributed by atoms with van der Waals surface area (Å²) in [6.45, 7) is -1.83. The van der Waals surface area contributed by atoms with Gasteiger partial charge in [-0.1, -0.05) is 0 Å². The molecule has 66 valence electrons. The van der Waals surface area contributed by atoms with E-state index in [1.165, 1.54) is 0 Å². The van der Waals surface area contributed by atoms with Crippen molar-refractivity contribution in [2.24, 2.45) is 5.73 Å². The summed E-state index contributed by atoms with van der Waals surface area (Å²) < 4.78 is 0. The van der Waals surface area contributed by atoms with Crippen LogP contribution >= 0.6 is 0 Å². The molecule has 0 rings (SSSR count). The van der Waals surface area contributed by atoms with Gasteiger partial charge in [0, 0.05) is 0 Å². The van der Waals surface area contributed by atoms with Gasteiger partial charge in [0.25, 0.3) is 0 Å². The minimum atomic E-state index is -2.47. The molecule has 0 aromatic rings. The predicted octanol–water partition coefficient (Wildman–Crippen LogP) is -3.45. The van der Waals surface area contributed by atoms with Crippen LogP contribution in [0.4, 0.5) is 0 Å². The van der Waals surface area contributed by atoms with Crippen LogP contribution in [0.2, 0.25) is 0 Å². The molecule has 0 aliphatic carbocycles. The van der Waals surface area contributed by atoms with Crippen LogP contribution in [0.1, 0.15) is 0 Å². The molecule has 0 radical (unpaired) electrons. The van der Waals surface area contributed by atoms with Gasteiger partial charge < -0.3 is 20.4 Å². The lowest BCUT2D eigenvalue weighted by Gasteiger charge is -2.20. The van der Waals surface area contributed by atoms with Crippen molar-refractivity contribution in [3.8, 4) is 0 Å². The van der Waals surface area contributed by atoms with Crippen LogP contribution in [-0.2, 0) is 4.79 Å². The number of hydrogen-bond donors (Lipinski definition) is 5. The molecule has 0 fully saturated rings. The van der Waals surface area contributed by atoms with Crippen molar-refractivity contribution in [3.63, 3.8) is 0 Å². The highest BCUT2D eigenvalue weighted by atomic mass is 16.4. The second kappa shape index (κ2) is 3.74. The van der Waals surface area contributed by atoms with E-state index in [4.69, 9.17) is 26.2 Å². The Labute approximate surface area is 62.9 Å². The fraction of sp³-hybridized carbons (Fsp3) is 0.800. The van der Waals surface area contributed by atoms with Crippen LogP contribution in [0.3, 0.4) is 0 Å². The summed E-state index contributed by atoms with van der Waals surface area (Å²) in [7, 11) is 0. The minimum Gasteiger partial charge on any atom is -0.393 e. The summed E-state index contributed by atoms with van der Waals surface area (Å²) in [6, 6.07) is 0. The van der Waals surface area contributed by atoms with E-state index in [0.29, 0.717) is 0 Å². The smallest absolute Gasteiger partial charge is 0.212 e. The first-order valence-corrected chi connectivity index (χ1v) is 2.91. The first-order valence-electron chi connectivity index (χ1n) is 2.91. The van der Waals surface area contributed by atoms with Gasteiger partial charge in [0.05, 0.1) is 13.2 Å². The van der Waals surface area contributed by atoms with Gasteiger partial charge in [0.2, 0.25) is 5.78 Å². The monoisotopic (exact) mass is 165 g/mol. The fourth-order valence-electron chi connectivity index (χ4n) is 0.449. The average molecular weight is 165 g/mol. The molecular formula is C5H11NO5. The normalized spacial score (nSPS) is 19.0. The Kier molecular flexibility index (Phi) is 3.56. The maximum Gasteiger partial charge on any atom is 0.212 e. The highest BCUT2D eigenvalue weighted by molar-refractivity contribution is 5.90. The molecule has 6 heteroatoms. The van der Waals surface area contributed by atoms with Crippen molar-refractivity contribution in [2.75, 3.05) is 13.2 Å². The molecule has 0 aliphatic rings. The second-order valence-electron chi connectivity index (χ2n) is 2.14. The van der Waals surface area contributed by atoms with Crippen molar-refractivity contribution in [3.05, 3.63) is 0 Å². The lowest BCUT2D eigenvalue weighted by atomic mass is 10.1.